The normalized spacial score (nSPS) is 11.2. The number of nitrogen functional groups attached to an aromatic ring is 1. The molecule has 4 aromatic heterocycles. The Bertz CT molecular complexity index is 1330. The third kappa shape index (κ3) is 3.84. The van der Waals surface area contributed by atoms with Gasteiger partial charge in [0.1, 0.15) is 10.9 Å². The Hall–Kier alpha value is -3.81. The highest BCUT2D eigenvalue weighted by Crippen LogP contribution is 2.16. The number of unbranched alkanes of at least 4 members (excludes halogenated alkanes) is 1. The lowest BCUT2D eigenvalue weighted by molar-refractivity contribution is -0.659. The second-order valence-electron chi connectivity index (χ2n) is 7.53. The van der Waals surface area contributed by atoms with Gasteiger partial charge in [-0.25, -0.2) is 4.57 Å². The smallest absolute Gasteiger partial charge is 0.278 e. The van der Waals surface area contributed by atoms with Crippen LogP contribution in [0.25, 0.3) is 16.7 Å². The summed E-state index contributed by atoms with van der Waals surface area (Å²) in [5.74, 6) is -0.0447. The number of fused-ring (bicyclic) bond motifs is 2. The van der Waals surface area contributed by atoms with Gasteiger partial charge in [-0.1, -0.05) is 30.5 Å². The molecule has 0 aliphatic heterocycles. The summed E-state index contributed by atoms with van der Waals surface area (Å²) in [6.45, 7) is 4.86. The van der Waals surface area contributed by atoms with Gasteiger partial charge in [-0.3, -0.25) is 19.0 Å². The number of rotatable bonds is 6. The maximum atomic E-state index is 13.3. The molecule has 8 heteroatoms. The second kappa shape index (κ2) is 8.51. The summed E-state index contributed by atoms with van der Waals surface area (Å²) >= 11 is 0. The van der Waals surface area contributed by atoms with Crippen LogP contribution >= 0.6 is 0 Å². The van der Waals surface area contributed by atoms with Crippen molar-refractivity contribution in [3.05, 3.63) is 76.0 Å². The molecule has 31 heavy (non-hydrogen) atoms. The topological polar surface area (TPSA) is 106 Å². The van der Waals surface area contributed by atoms with Crippen molar-refractivity contribution in [1.82, 2.24) is 19.7 Å². The van der Waals surface area contributed by atoms with Crippen LogP contribution in [0.1, 0.15) is 41.3 Å². The molecule has 3 N–H and O–H groups in total. The first-order valence-corrected chi connectivity index (χ1v) is 10.3. The van der Waals surface area contributed by atoms with E-state index in [1.807, 2.05) is 25.1 Å². The van der Waals surface area contributed by atoms with Crippen LogP contribution in [0.3, 0.4) is 0 Å². The molecule has 0 spiro atoms. The molecule has 158 valence electrons. The van der Waals surface area contributed by atoms with Crippen LogP contribution in [0.5, 0.6) is 0 Å². The van der Waals surface area contributed by atoms with E-state index in [0.717, 1.165) is 24.0 Å². The number of nitrogens with one attached hydrogen (secondary N) is 1. The van der Waals surface area contributed by atoms with Crippen molar-refractivity contribution >= 4 is 28.4 Å². The molecule has 4 heterocycles. The molecule has 0 aromatic carbocycles. The summed E-state index contributed by atoms with van der Waals surface area (Å²) in [7, 11) is 0. The van der Waals surface area contributed by atoms with Crippen molar-refractivity contribution in [3.8, 4) is 0 Å². The Morgan fingerprint density at radius 3 is 2.87 bits per heavy atom. The van der Waals surface area contributed by atoms with Crippen molar-refractivity contribution in [2.75, 3.05) is 5.73 Å². The Labute approximate surface area is 179 Å². The minimum atomic E-state index is -0.345. The molecular formula is C23H25N6O2+. The summed E-state index contributed by atoms with van der Waals surface area (Å²) in [6, 6.07) is 8.96. The van der Waals surface area contributed by atoms with Crippen molar-refractivity contribution in [2.24, 2.45) is 0 Å². The molecule has 0 aliphatic carbocycles. The molecule has 8 nitrogen and oxygen atoms in total. The number of carbonyl (C=O) groups is 1. The maximum Gasteiger partial charge on any atom is 0.278 e. The third-order valence-corrected chi connectivity index (χ3v) is 5.33. The number of aryl methyl sites for hydroxylation is 2. The molecule has 0 atom stereocenters. The summed E-state index contributed by atoms with van der Waals surface area (Å²) < 4.78 is 3.29. The van der Waals surface area contributed by atoms with Gasteiger partial charge in [0, 0.05) is 30.7 Å². The number of anilines is 1. The van der Waals surface area contributed by atoms with Gasteiger partial charge in [-0.05, 0) is 37.1 Å². The van der Waals surface area contributed by atoms with E-state index in [9.17, 15) is 9.59 Å². The van der Waals surface area contributed by atoms with Gasteiger partial charge in [0.15, 0.2) is 0 Å². The van der Waals surface area contributed by atoms with E-state index in [0.29, 0.717) is 35.6 Å². The minimum Gasteiger partial charge on any atom is -0.348 e. The molecular weight excluding hydrogens is 392 g/mol. The first-order valence-electron chi connectivity index (χ1n) is 10.3. The van der Waals surface area contributed by atoms with Crippen LogP contribution in [-0.2, 0) is 13.1 Å². The summed E-state index contributed by atoms with van der Waals surface area (Å²) in [4.78, 5) is 35.1. The fourth-order valence-electron chi connectivity index (χ4n) is 3.61. The molecule has 0 saturated carbocycles. The van der Waals surface area contributed by atoms with Crippen LogP contribution in [0.4, 0.5) is 5.82 Å². The lowest BCUT2D eigenvalue weighted by Crippen LogP contribution is -2.43. The van der Waals surface area contributed by atoms with Crippen molar-refractivity contribution in [2.45, 2.75) is 39.8 Å². The van der Waals surface area contributed by atoms with Gasteiger partial charge < -0.3 is 11.1 Å². The number of amides is 1. The number of hydrogen-bond donors (Lipinski definition) is 2. The Morgan fingerprint density at radius 1 is 1.29 bits per heavy atom. The zero-order valence-corrected chi connectivity index (χ0v) is 17.6. The van der Waals surface area contributed by atoms with Gasteiger partial charge in [0.25, 0.3) is 17.1 Å². The van der Waals surface area contributed by atoms with Crippen molar-refractivity contribution in [1.29, 1.82) is 0 Å². The van der Waals surface area contributed by atoms with E-state index in [1.54, 1.807) is 35.3 Å². The van der Waals surface area contributed by atoms with Crippen LogP contribution in [0, 0.1) is 6.92 Å². The van der Waals surface area contributed by atoms with E-state index in [4.69, 9.17) is 10.7 Å². The molecule has 1 amide bonds. The first-order chi connectivity index (χ1) is 15.0. The lowest BCUT2D eigenvalue weighted by Gasteiger charge is -2.12. The standard InChI is InChI=1S/C23H24N6O2/c1-3-4-10-28-19(24)17(22(30)26-14-16-8-5-9-25-13-16)12-18-21(28)27-20-15(2)7-6-11-29(20)23(18)31/h5-9,11-13,24H,3-4,10,14H2,1-2H3,(H,26,30)/p+1. The number of nitrogens with two attached hydrogens (primary N) is 1. The average molecular weight is 417 g/mol. The predicted molar refractivity (Wildman–Crippen MR) is 119 cm³/mol. The van der Waals surface area contributed by atoms with E-state index < -0.39 is 0 Å². The Kier molecular flexibility index (Phi) is 5.62. The van der Waals surface area contributed by atoms with Crippen molar-refractivity contribution < 1.29 is 9.36 Å². The molecule has 0 bridgehead atoms. The summed E-state index contributed by atoms with van der Waals surface area (Å²) in [5.41, 5.74) is 9.31. The summed E-state index contributed by atoms with van der Waals surface area (Å²) in [6.07, 6.45) is 6.84. The molecule has 0 unspecified atom stereocenters. The zero-order valence-electron chi connectivity index (χ0n) is 17.6. The largest absolute Gasteiger partial charge is 0.348 e. The van der Waals surface area contributed by atoms with Gasteiger partial charge in [0.05, 0.1) is 6.54 Å². The van der Waals surface area contributed by atoms with E-state index in [2.05, 4.69) is 17.2 Å². The molecule has 0 radical (unpaired) electrons. The quantitative estimate of drug-likeness (QED) is 0.369. The monoisotopic (exact) mass is 417 g/mol. The van der Waals surface area contributed by atoms with Crippen LogP contribution in [0.15, 0.2) is 53.7 Å². The first kappa shape index (κ1) is 20.5. The number of hydrogen-bond acceptors (Lipinski definition) is 5. The molecule has 0 saturated heterocycles. The highest BCUT2D eigenvalue weighted by Gasteiger charge is 2.24. The fourth-order valence-corrected chi connectivity index (χ4v) is 3.61. The SMILES string of the molecule is CCCC[n+]1c(N)c(C(=O)NCc2cccnc2)cc2c(=O)n3cccc(C)c3nc21. The molecule has 4 aromatic rings. The van der Waals surface area contributed by atoms with Crippen LogP contribution < -0.4 is 21.2 Å². The number of carbonyl (C=O) groups excluding carboxylic acids is 1. The summed E-state index contributed by atoms with van der Waals surface area (Å²) in [5, 5.41) is 3.23. The minimum absolute atomic E-state index is 0.227. The zero-order chi connectivity index (χ0) is 22.0. The number of nitrogens with zero attached hydrogens (tertiary/aromatic N) is 4. The van der Waals surface area contributed by atoms with E-state index in [1.165, 1.54) is 4.40 Å². The third-order valence-electron chi connectivity index (χ3n) is 5.33. The molecule has 4 rings (SSSR count). The Balaban J connectivity index is 1.86. The number of aromatic nitrogens is 4. The highest BCUT2D eigenvalue weighted by molar-refractivity contribution is 6.00. The highest BCUT2D eigenvalue weighted by atomic mass is 16.1. The van der Waals surface area contributed by atoms with Crippen LogP contribution in [0.2, 0.25) is 0 Å². The average Bonchev–Trinajstić information content (AvgIpc) is 2.78. The van der Waals surface area contributed by atoms with Gasteiger partial charge in [0.2, 0.25) is 11.5 Å². The van der Waals surface area contributed by atoms with E-state index in [-0.39, 0.29) is 17.0 Å². The van der Waals surface area contributed by atoms with Crippen molar-refractivity contribution in [3.63, 3.8) is 0 Å². The van der Waals surface area contributed by atoms with Gasteiger partial charge in [-0.2, -0.15) is 0 Å². The van der Waals surface area contributed by atoms with Crippen LogP contribution in [-0.4, -0.2) is 20.3 Å². The predicted octanol–water partition coefficient (Wildman–Crippen LogP) is 2.15. The lowest BCUT2D eigenvalue weighted by atomic mass is 10.1. The molecule has 0 fully saturated rings. The molecule has 0 aliphatic rings. The maximum absolute atomic E-state index is 13.3. The fraction of sp³-hybridized carbons (Fsp3) is 0.261. The Morgan fingerprint density at radius 2 is 2.13 bits per heavy atom. The number of pyridine rings is 3. The van der Waals surface area contributed by atoms with Gasteiger partial charge in [-0.15, -0.1) is 0 Å². The van der Waals surface area contributed by atoms with Gasteiger partial charge >= 0.3 is 0 Å². The van der Waals surface area contributed by atoms with E-state index >= 15 is 0 Å². The second-order valence-corrected chi connectivity index (χ2v) is 7.53.